The maximum atomic E-state index is 5.95. The molecule has 0 saturated carbocycles. The Bertz CT molecular complexity index is 503. The van der Waals surface area contributed by atoms with Crippen LogP contribution >= 0.6 is 24.0 Å². The van der Waals surface area contributed by atoms with Crippen LogP contribution in [0.4, 0.5) is 0 Å². The number of hydrogen-bond donors (Lipinski definition) is 1. The fourth-order valence-corrected chi connectivity index (χ4v) is 2.60. The number of fused-ring (bicyclic) bond motifs is 1. The quantitative estimate of drug-likeness (QED) is 0.865. The number of hydrogen-bond acceptors (Lipinski definition) is 2. The Kier molecular flexibility index (Phi) is 3.92. The monoisotopic (exact) mass is 271 g/mol. The van der Waals surface area contributed by atoms with Gasteiger partial charge < -0.3 is 5.32 Å². The summed E-state index contributed by atoms with van der Waals surface area (Å²) in [7, 11) is 0. The van der Waals surface area contributed by atoms with Crippen molar-refractivity contribution in [3.63, 3.8) is 0 Å². The Morgan fingerprint density at radius 1 is 1.35 bits per heavy atom. The number of aromatic nitrogens is 2. The molecule has 0 atom stereocenters. The number of pyridine rings is 1. The Labute approximate surface area is 112 Å². The van der Waals surface area contributed by atoms with Crippen LogP contribution in [0.1, 0.15) is 24.3 Å². The van der Waals surface area contributed by atoms with Crippen molar-refractivity contribution in [1.82, 2.24) is 14.7 Å². The van der Waals surface area contributed by atoms with E-state index in [2.05, 4.69) is 22.4 Å². The SMILES string of the molecule is Cl.Clc1ncc2cc(C3CCNCC3)ccn12. The zero-order valence-corrected chi connectivity index (χ0v) is 11.0. The van der Waals surface area contributed by atoms with Gasteiger partial charge >= 0.3 is 0 Å². The summed E-state index contributed by atoms with van der Waals surface area (Å²) in [5, 5.41) is 3.92. The molecule has 1 N–H and O–H groups in total. The molecular formula is C12H15Cl2N3. The number of nitrogens with one attached hydrogen (secondary N) is 1. The van der Waals surface area contributed by atoms with Crippen molar-refractivity contribution in [3.8, 4) is 0 Å². The van der Waals surface area contributed by atoms with Crippen LogP contribution in [0.25, 0.3) is 5.52 Å². The highest BCUT2D eigenvalue weighted by Crippen LogP contribution is 2.26. The van der Waals surface area contributed by atoms with E-state index in [0.717, 1.165) is 18.6 Å². The predicted molar refractivity (Wildman–Crippen MR) is 72.3 cm³/mol. The summed E-state index contributed by atoms with van der Waals surface area (Å²) in [6.07, 6.45) is 6.28. The van der Waals surface area contributed by atoms with Gasteiger partial charge in [0.1, 0.15) is 0 Å². The molecule has 2 aromatic heterocycles. The molecule has 0 spiro atoms. The first kappa shape index (κ1) is 12.7. The number of nitrogens with zero attached hydrogens (tertiary/aromatic N) is 2. The molecule has 5 heteroatoms. The Morgan fingerprint density at radius 2 is 2.12 bits per heavy atom. The summed E-state index contributed by atoms with van der Waals surface area (Å²) in [6.45, 7) is 2.24. The molecule has 0 unspecified atom stereocenters. The van der Waals surface area contributed by atoms with E-state index in [9.17, 15) is 0 Å². The Morgan fingerprint density at radius 3 is 2.88 bits per heavy atom. The van der Waals surface area contributed by atoms with Gasteiger partial charge in [-0.2, -0.15) is 0 Å². The van der Waals surface area contributed by atoms with E-state index in [-0.39, 0.29) is 12.4 Å². The van der Waals surface area contributed by atoms with Crippen molar-refractivity contribution in [2.24, 2.45) is 0 Å². The molecule has 1 aliphatic rings. The van der Waals surface area contributed by atoms with E-state index in [1.807, 2.05) is 16.8 Å². The summed E-state index contributed by atoms with van der Waals surface area (Å²) in [6, 6.07) is 4.37. The zero-order valence-electron chi connectivity index (χ0n) is 9.40. The number of piperidine rings is 1. The minimum Gasteiger partial charge on any atom is -0.317 e. The summed E-state index contributed by atoms with van der Waals surface area (Å²) in [4.78, 5) is 4.10. The van der Waals surface area contributed by atoms with Gasteiger partial charge in [0.2, 0.25) is 5.28 Å². The third kappa shape index (κ3) is 2.41. The summed E-state index contributed by atoms with van der Waals surface area (Å²) in [5.41, 5.74) is 2.49. The molecule has 17 heavy (non-hydrogen) atoms. The summed E-state index contributed by atoms with van der Waals surface area (Å²) < 4.78 is 1.91. The van der Waals surface area contributed by atoms with E-state index < -0.39 is 0 Å². The molecule has 1 aliphatic heterocycles. The largest absolute Gasteiger partial charge is 0.317 e. The van der Waals surface area contributed by atoms with Crippen LogP contribution in [0.15, 0.2) is 24.5 Å². The second-order valence-electron chi connectivity index (χ2n) is 4.31. The fourth-order valence-electron chi connectivity index (χ4n) is 2.39. The molecule has 0 bridgehead atoms. The van der Waals surface area contributed by atoms with Crippen LogP contribution in [0, 0.1) is 0 Å². The third-order valence-electron chi connectivity index (χ3n) is 3.32. The lowest BCUT2D eigenvalue weighted by Crippen LogP contribution is -2.26. The first-order chi connectivity index (χ1) is 7.84. The molecule has 3 heterocycles. The number of imidazole rings is 1. The van der Waals surface area contributed by atoms with Crippen LogP contribution in [-0.4, -0.2) is 22.5 Å². The molecule has 2 aromatic rings. The average Bonchev–Trinajstić information content (AvgIpc) is 2.72. The molecule has 0 aromatic carbocycles. The van der Waals surface area contributed by atoms with Gasteiger partial charge in [-0.1, -0.05) is 0 Å². The molecule has 0 radical (unpaired) electrons. The van der Waals surface area contributed by atoms with E-state index in [1.165, 1.54) is 18.4 Å². The second kappa shape index (κ2) is 5.25. The zero-order chi connectivity index (χ0) is 11.0. The fraction of sp³-hybridized carbons (Fsp3) is 0.417. The van der Waals surface area contributed by atoms with Crippen LogP contribution < -0.4 is 5.32 Å². The third-order valence-corrected chi connectivity index (χ3v) is 3.60. The van der Waals surface area contributed by atoms with Crippen molar-refractivity contribution in [2.45, 2.75) is 18.8 Å². The lowest BCUT2D eigenvalue weighted by atomic mass is 9.91. The minimum atomic E-state index is 0. The lowest BCUT2D eigenvalue weighted by Gasteiger charge is -2.23. The van der Waals surface area contributed by atoms with E-state index in [0.29, 0.717) is 11.2 Å². The maximum Gasteiger partial charge on any atom is 0.207 e. The van der Waals surface area contributed by atoms with E-state index >= 15 is 0 Å². The van der Waals surface area contributed by atoms with Gasteiger partial charge in [-0.15, -0.1) is 12.4 Å². The van der Waals surface area contributed by atoms with Gasteiger partial charge in [0, 0.05) is 6.20 Å². The van der Waals surface area contributed by atoms with Gasteiger partial charge in [-0.3, -0.25) is 4.40 Å². The van der Waals surface area contributed by atoms with Crippen molar-refractivity contribution in [2.75, 3.05) is 13.1 Å². The molecule has 0 aliphatic carbocycles. The Balaban J connectivity index is 0.00000108. The van der Waals surface area contributed by atoms with Crippen molar-refractivity contribution < 1.29 is 0 Å². The van der Waals surface area contributed by atoms with Gasteiger partial charge in [-0.05, 0) is 61.1 Å². The van der Waals surface area contributed by atoms with E-state index in [1.54, 1.807) is 0 Å². The van der Waals surface area contributed by atoms with Crippen LogP contribution in [0.2, 0.25) is 5.28 Å². The molecule has 92 valence electrons. The minimum absolute atomic E-state index is 0. The first-order valence-electron chi connectivity index (χ1n) is 5.68. The van der Waals surface area contributed by atoms with Gasteiger partial charge in [0.15, 0.2) is 0 Å². The molecule has 3 nitrogen and oxygen atoms in total. The first-order valence-corrected chi connectivity index (χ1v) is 6.05. The number of rotatable bonds is 1. The van der Waals surface area contributed by atoms with Crippen LogP contribution in [-0.2, 0) is 0 Å². The lowest BCUT2D eigenvalue weighted by molar-refractivity contribution is 0.460. The Hall–Kier alpha value is -0.770. The van der Waals surface area contributed by atoms with Crippen molar-refractivity contribution in [3.05, 3.63) is 35.4 Å². The molecule has 1 fully saturated rings. The van der Waals surface area contributed by atoms with E-state index in [4.69, 9.17) is 11.6 Å². The highest BCUT2D eigenvalue weighted by Gasteiger charge is 2.15. The second-order valence-corrected chi connectivity index (χ2v) is 4.64. The standard InChI is InChI=1S/C12H14ClN3.ClH/c13-12-15-8-11-7-10(3-6-16(11)12)9-1-4-14-5-2-9;/h3,6-9,14H,1-2,4-5H2;1H. The highest BCUT2D eigenvalue weighted by molar-refractivity contribution is 6.28. The van der Waals surface area contributed by atoms with Gasteiger partial charge in [0.25, 0.3) is 0 Å². The molecule has 3 rings (SSSR count). The van der Waals surface area contributed by atoms with Crippen molar-refractivity contribution >= 4 is 29.5 Å². The molecular weight excluding hydrogens is 257 g/mol. The summed E-state index contributed by atoms with van der Waals surface area (Å²) in [5.74, 6) is 0.680. The summed E-state index contributed by atoms with van der Waals surface area (Å²) >= 11 is 5.95. The average molecular weight is 272 g/mol. The molecule has 0 amide bonds. The highest BCUT2D eigenvalue weighted by atomic mass is 35.5. The van der Waals surface area contributed by atoms with Gasteiger partial charge in [-0.25, -0.2) is 4.98 Å². The number of halogens is 2. The van der Waals surface area contributed by atoms with Crippen LogP contribution in [0.3, 0.4) is 0 Å². The maximum absolute atomic E-state index is 5.95. The smallest absolute Gasteiger partial charge is 0.207 e. The van der Waals surface area contributed by atoms with Crippen LogP contribution in [0.5, 0.6) is 0 Å². The topological polar surface area (TPSA) is 29.3 Å². The van der Waals surface area contributed by atoms with Gasteiger partial charge in [0.05, 0.1) is 11.7 Å². The predicted octanol–water partition coefficient (Wildman–Crippen LogP) is 2.88. The molecule has 1 saturated heterocycles. The van der Waals surface area contributed by atoms with Crippen molar-refractivity contribution in [1.29, 1.82) is 0 Å². The normalized spacial score (nSPS) is 17.0.